The van der Waals surface area contributed by atoms with E-state index in [0.717, 1.165) is 12.0 Å². The molecular weight excluding hydrogens is 262 g/mol. The summed E-state index contributed by atoms with van der Waals surface area (Å²) >= 11 is 0. The highest BCUT2D eigenvalue weighted by Crippen LogP contribution is 2.41. The Labute approximate surface area is 124 Å². The monoisotopic (exact) mass is 281 g/mol. The minimum atomic E-state index is 0.0844. The van der Waals surface area contributed by atoms with Gasteiger partial charge < -0.3 is 10.1 Å². The predicted octanol–water partition coefficient (Wildman–Crippen LogP) is 3.22. The van der Waals surface area contributed by atoms with Crippen molar-refractivity contribution in [3.05, 3.63) is 71.8 Å². The zero-order valence-electron chi connectivity index (χ0n) is 11.9. The maximum absolute atomic E-state index is 11.8. The molecule has 2 unspecified atom stereocenters. The van der Waals surface area contributed by atoms with Gasteiger partial charge in [0.15, 0.2) is 0 Å². The fourth-order valence-corrected chi connectivity index (χ4v) is 2.46. The molecule has 1 N–H and O–H groups in total. The number of amides is 1. The van der Waals surface area contributed by atoms with Crippen molar-refractivity contribution in [3.8, 4) is 0 Å². The van der Waals surface area contributed by atoms with Crippen LogP contribution in [0, 0.1) is 0 Å². The molecule has 1 saturated heterocycles. The van der Waals surface area contributed by atoms with Crippen LogP contribution in [0.4, 0.5) is 0 Å². The minimum Gasteiger partial charge on any atom is -0.364 e. The van der Waals surface area contributed by atoms with E-state index in [-0.39, 0.29) is 18.1 Å². The van der Waals surface area contributed by atoms with Gasteiger partial charge in [-0.2, -0.15) is 0 Å². The highest BCUT2D eigenvalue weighted by atomic mass is 16.6. The first-order chi connectivity index (χ1) is 10.3. The van der Waals surface area contributed by atoms with Gasteiger partial charge in [0.05, 0.1) is 6.10 Å². The van der Waals surface area contributed by atoms with Crippen molar-refractivity contribution in [3.63, 3.8) is 0 Å². The maximum Gasteiger partial charge on any atom is 0.220 e. The number of rotatable bonds is 6. The summed E-state index contributed by atoms with van der Waals surface area (Å²) in [5.41, 5.74) is 2.32. The third-order valence-corrected chi connectivity index (χ3v) is 3.70. The number of hydrogen-bond acceptors (Lipinski definition) is 2. The molecule has 2 aromatic rings. The largest absolute Gasteiger partial charge is 0.364 e. The van der Waals surface area contributed by atoms with E-state index in [9.17, 15) is 4.79 Å². The molecule has 21 heavy (non-hydrogen) atoms. The van der Waals surface area contributed by atoms with Crippen LogP contribution in [0.25, 0.3) is 0 Å². The Morgan fingerprint density at radius 2 is 1.67 bits per heavy atom. The van der Waals surface area contributed by atoms with Crippen molar-refractivity contribution in [2.45, 2.75) is 31.6 Å². The number of ether oxygens (including phenoxy) is 1. The second kappa shape index (κ2) is 6.55. The van der Waals surface area contributed by atoms with Crippen molar-refractivity contribution in [1.82, 2.24) is 5.32 Å². The Morgan fingerprint density at radius 1 is 1.00 bits per heavy atom. The van der Waals surface area contributed by atoms with E-state index >= 15 is 0 Å². The highest BCUT2D eigenvalue weighted by Gasteiger charge is 2.39. The smallest absolute Gasteiger partial charge is 0.220 e. The summed E-state index contributed by atoms with van der Waals surface area (Å²) in [6.07, 6.45) is 1.66. The number of benzene rings is 2. The van der Waals surface area contributed by atoms with Crippen LogP contribution in [0.5, 0.6) is 0 Å². The molecule has 1 heterocycles. The third-order valence-electron chi connectivity index (χ3n) is 3.70. The molecule has 3 nitrogen and oxygen atoms in total. The first-order valence-corrected chi connectivity index (χ1v) is 7.34. The summed E-state index contributed by atoms with van der Waals surface area (Å²) < 4.78 is 5.64. The van der Waals surface area contributed by atoms with Crippen molar-refractivity contribution in [1.29, 1.82) is 0 Å². The lowest BCUT2D eigenvalue weighted by molar-refractivity contribution is -0.121. The topological polar surface area (TPSA) is 41.6 Å². The fourth-order valence-electron chi connectivity index (χ4n) is 2.46. The average molecular weight is 281 g/mol. The van der Waals surface area contributed by atoms with Crippen molar-refractivity contribution in [2.24, 2.45) is 0 Å². The van der Waals surface area contributed by atoms with Gasteiger partial charge in [-0.1, -0.05) is 60.7 Å². The molecule has 108 valence electrons. The van der Waals surface area contributed by atoms with E-state index in [2.05, 4.69) is 17.4 Å². The standard InChI is InChI=1S/C18H19NO2/c20-17(19-13-14-7-3-1-4-8-14)12-11-16-18(21-16)15-9-5-2-6-10-15/h1-10,16,18H,11-13H2,(H,19,20). The zero-order chi connectivity index (χ0) is 14.5. The molecule has 0 aromatic heterocycles. The predicted molar refractivity (Wildman–Crippen MR) is 81.6 cm³/mol. The van der Waals surface area contributed by atoms with Crippen LogP contribution in [-0.4, -0.2) is 12.0 Å². The Kier molecular flexibility index (Phi) is 4.31. The van der Waals surface area contributed by atoms with Gasteiger partial charge in [-0.15, -0.1) is 0 Å². The van der Waals surface area contributed by atoms with Crippen LogP contribution in [0.15, 0.2) is 60.7 Å². The lowest BCUT2D eigenvalue weighted by Gasteiger charge is -2.04. The van der Waals surface area contributed by atoms with Crippen molar-refractivity contribution < 1.29 is 9.53 Å². The molecule has 0 saturated carbocycles. The summed E-state index contributed by atoms with van der Waals surface area (Å²) in [6, 6.07) is 20.1. The first kappa shape index (κ1) is 13.8. The number of carbonyl (C=O) groups is 1. The Morgan fingerprint density at radius 3 is 2.38 bits per heavy atom. The van der Waals surface area contributed by atoms with Gasteiger partial charge in [0.1, 0.15) is 6.10 Å². The molecule has 0 bridgehead atoms. The van der Waals surface area contributed by atoms with Crippen LogP contribution in [-0.2, 0) is 16.1 Å². The number of carbonyl (C=O) groups excluding carboxylic acids is 1. The summed E-state index contributed by atoms with van der Waals surface area (Å²) in [5, 5.41) is 2.94. The van der Waals surface area contributed by atoms with Gasteiger partial charge in [0.25, 0.3) is 0 Å². The Bertz CT molecular complexity index is 583. The molecule has 1 aliphatic heterocycles. The average Bonchev–Trinajstić information content (AvgIpc) is 3.32. The molecule has 3 rings (SSSR count). The number of nitrogens with one attached hydrogen (secondary N) is 1. The van der Waals surface area contributed by atoms with Gasteiger partial charge in [-0.3, -0.25) is 4.79 Å². The van der Waals surface area contributed by atoms with E-state index < -0.39 is 0 Å². The highest BCUT2D eigenvalue weighted by molar-refractivity contribution is 5.75. The zero-order valence-corrected chi connectivity index (χ0v) is 11.9. The first-order valence-electron chi connectivity index (χ1n) is 7.34. The van der Waals surface area contributed by atoms with E-state index in [1.165, 1.54) is 5.56 Å². The lowest BCUT2D eigenvalue weighted by Crippen LogP contribution is -2.22. The fraction of sp³-hybridized carbons (Fsp3) is 0.278. The molecule has 1 aliphatic rings. The summed E-state index contributed by atoms with van der Waals surface area (Å²) in [6.45, 7) is 0.591. The second-order valence-corrected chi connectivity index (χ2v) is 5.31. The molecule has 2 aromatic carbocycles. The third kappa shape index (κ3) is 3.92. The van der Waals surface area contributed by atoms with Gasteiger partial charge in [0, 0.05) is 13.0 Å². The molecule has 2 atom stereocenters. The SMILES string of the molecule is O=C(CCC1OC1c1ccccc1)NCc1ccccc1. The summed E-state index contributed by atoms with van der Waals surface area (Å²) in [7, 11) is 0. The molecular formula is C18H19NO2. The lowest BCUT2D eigenvalue weighted by atomic mass is 10.1. The molecule has 1 fully saturated rings. The van der Waals surface area contributed by atoms with Gasteiger partial charge >= 0.3 is 0 Å². The van der Waals surface area contributed by atoms with Crippen LogP contribution < -0.4 is 5.32 Å². The molecule has 3 heteroatoms. The van der Waals surface area contributed by atoms with E-state index in [4.69, 9.17) is 4.74 Å². The van der Waals surface area contributed by atoms with E-state index in [1.807, 2.05) is 48.5 Å². The van der Waals surface area contributed by atoms with Gasteiger partial charge in [-0.05, 0) is 17.5 Å². The van der Waals surface area contributed by atoms with Crippen LogP contribution in [0.1, 0.15) is 30.1 Å². The van der Waals surface area contributed by atoms with Crippen LogP contribution >= 0.6 is 0 Å². The normalized spacial score (nSPS) is 20.0. The van der Waals surface area contributed by atoms with Crippen molar-refractivity contribution in [2.75, 3.05) is 0 Å². The second-order valence-electron chi connectivity index (χ2n) is 5.31. The minimum absolute atomic E-state index is 0.0844. The van der Waals surface area contributed by atoms with Gasteiger partial charge in [-0.25, -0.2) is 0 Å². The van der Waals surface area contributed by atoms with Gasteiger partial charge in [0.2, 0.25) is 5.91 Å². The summed E-state index contributed by atoms with van der Waals surface area (Å²) in [5.74, 6) is 0.0844. The van der Waals surface area contributed by atoms with E-state index in [0.29, 0.717) is 13.0 Å². The molecule has 0 radical (unpaired) electrons. The quantitative estimate of drug-likeness (QED) is 0.826. The Hall–Kier alpha value is -2.13. The van der Waals surface area contributed by atoms with Crippen molar-refractivity contribution >= 4 is 5.91 Å². The van der Waals surface area contributed by atoms with E-state index in [1.54, 1.807) is 0 Å². The number of hydrogen-bond donors (Lipinski definition) is 1. The number of epoxide rings is 1. The Balaban J connectivity index is 1.38. The summed E-state index contributed by atoms with van der Waals surface area (Å²) in [4.78, 5) is 11.8. The molecule has 0 spiro atoms. The molecule has 0 aliphatic carbocycles. The maximum atomic E-state index is 11.8. The van der Waals surface area contributed by atoms with Crippen LogP contribution in [0.2, 0.25) is 0 Å². The van der Waals surface area contributed by atoms with Crippen LogP contribution in [0.3, 0.4) is 0 Å². The molecule has 1 amide bonds.